The van der Waals surface area contributed by atoms with E-state index in [-0.39, 0.29) is 22.9 Å². The normalized spacial score (nSPS) is 10.4. The number of hydrogen-bond acceptors (Lipinski definition) is 5. The summed E-state index contributed by atoms with van der Waals surface area (Å²) in [7, 11) is 0. The maximum absolute atomic E-state index is 12.6. The lowest BCUT2D eigenvalue weighted by Crippen LogP contribution is -2.32. The Morgan fingerprint density at radius 3 is 2.48 bits per heavy atom. The van der Waals surface area contributed by atoms with Crippen LogP contribution < -0.4 is 5.73 Å². The number of amides is 2. The van der Waals surface area contributed by atoms with Crippen LogP contribution in [-0.2, 0) is 11.3 Å². The number of primary amides is 1. The summed E-state index contributed by atoms with van der Waals surface area (Å²) in [5.41, 5.74) is 6.04. The van der Waals surface area contributed by atoms with Gasteiger partial charge in [-0.15, -0.1) is 11.8 Å². The molecule has 0 saturated heterocycles. The monoisotopic (exact) mass is 387 g/mol. The molecule has 142 valence electrons. The van der Waals surface area contributed by atoms with Crippen LogP contribution in [-0.4, -0.2) is 33.9 Å². The first kappa shape index (κ1) is 20.4. The molecule has 0 aliphatic heterocycles. The van der Waals surface area contributed by atoms with E-state index in [4.69, 9.17) is 5.73 Å². The molecule has 0 radical (unpaired) electrons. The predicted octanol–water partition coefficient (Wildman–Crippen LogP) is 3.22. The summed E-state index contributed by atoms with van der Waals surface area (Å²) in [5, 5.41) is 11.3. The Balaban J connectivity index is 2.10. The predicted molar refractivity (Wildman–Crippen MR) is 104 cm³/mol. The highest BCUT2D eigenvalue weighted by Gasteiger charge is 2.20. The lowest BCUT2D eigenvalue weighted by atomic mass is 10.2. The Morgan fingerprint density at radius 2 is 1.89 bits per heavy atom. The number of benzene rings is 2. The number of nitrogens with two attached hydrogens (primary N) is 1. The lowest BCUT2D eigenvalue weighted by Gasteiger charge is -2.22. The van der Waals surface area contributed by atoms with Crippen LogP contribution >= 0.6 is 11.8 Å². The fourth-order valence-electron chi connectivity index (χ4n) is 2.53. The molecule has 0 atom stereocenters. The maximum atomic E-state index is 12.6. The van der Waals surface area contributed by atoms with Gasteiger partial charge in [0.1, 0.15) is 0 Å². The Bertz CT molecular complexity index is 827. The fourth-order valence-corrected chi connectivity index (χ4v) is 3.44. The van der Waals surface area contributed by atoms with Gasteiger partial charge in [-0.3, -0.25) is 19.7 Å². The van der Waals surface area contributed by atoms with E-state index in [0.717, 1.165) is 29.8 Å². The smallest absolute Gasteiger partial charge is 0.283 e. The average Bonchev–Trinajstić information content (AvgIpc) is 2.66. The lowest BCUT2D eigenvalue weighted by molar-refractivity contribution is -0.387. The van der Waals surface area contributed by atoms with Crippen molar-refractivity contribution in [3.05, 3.63) is 69.8 Å². The van der Waals surface area contributed by atoms with Crippen molar-refractivity contribution in [2.24, 2.45) is 5.73 Å². The Hall–Kier alpha value is -2.87. The molecule has 0 spiro atoms. The molecular formula is C19H21N3O4S. The molecule has 0 heterocycles. The summed E-state index contributed by atoms with van der Waals surface area (Å²) in [6.45, 7) is 3.10. The van der Waals surface area contributed by atoms with Gasteiger partial charge in [0.15, 0.2) is 0 Å². The number of nitro groups is 1. The first-order valence-corrected chi connectivity index (χ1v) is 9.43. The van der Waals surface area contributed by atoms with Gasteiger partial charge in [0, 0.05) is 24.7 Å². The van der Waals surface area contributed by atoms with Crippen LogP contribution in [0.1, 0.15) is 29.3 Å². The van der Waals surface area contributed by atoms with Crippen molar-refractivity contribution < 1.29 is 14.5 Å². The van der Waals surface area contributed by atoms with Gasteiger partial charge in [-0.1, -0.05) is 37.3 Å². The molecule has 2 rings (SSSR count). The second kappa shape index (κ2) is 9.72. The number of thioether (sulfide) groups is 1. The third-order valence-electron chi connectivity index (χ3n) is 3.85. The van der Waals surface area contributed by atoms with Gasteiger partial charge in [0.2, 0.25) is 11.8 Å². The third kappa shape index (κ3) is 5.82. The topological polar surface area (TPSA) is 107 Å². The zero-order valence-electron chi connectivity index (χ0n) is 15.0. The molecule has 0 unspecified atom stereocenters. The SMILES string of the molecule is CCCN(Cc1ccccc1)C(=O)CSc1ccc(C(N)=O)cc1[N+](=O)[O-]. The van der Waals surface area contributed by atoms with Crippen molar-refractivity contribution in [1.29, 1.82) is 0 Å². The second-order valence-corrected chi connectivity index (χ2v) is 6.91. The molecule has 0 aliphatic carbocycles. The number of carbonyl (C=O) groups excluding carboxylic acids is 2. The highest BCUT2D eigenvalue weighted by molar-refractivity contribution is 8.00. The molecular weight excluding hydrogens is 366 g/mol. The Kier molecular flexibility index (Phi) is 7.36. The van der Waals surface area contributed by atoms with Gasteiger partial charge in [-0.25, -0.2) is 0 Å². The van der Waals surface area contributed by atoms with Crippen molar-refractivity contribution >= 4 is 29.3 Å². The van der Waals surface area contributed by atoms with E-state index in [1.54, 1.807) is 4.90 Å². The molecule has 0 aliphatic rings. The minimum Gasteiger partial charge on any atom is -0.366 e. The van der Waals surface area contributed by atoms with E-state index in [9.17, 15) is 19.7 Å². The molecule has 27 heavy (non-hydrogen) atoms. The quantitative estimate of drug-likeness (QED) is 0.404. The van der Waals surface area contributed by atoms with Crippen LogP contribution in [0.2, 0.25) is 0 Å². The van der Waals surface area contributed by atoms with Crippen molar-refractivity contribution in [1.82, 2.24) is 4.90 Å². The first-order valence-electron chi connectivity index (χ1n) is 8.45. The first-order chi connectivity index (χ1) is 12.9. The number of hydrogen-bond donors (Lipinski definition) is 1. The van der Waals surface area contributed by atoms with Gasteiger partial charge < -0.3 is 10.6 Å². The number of nitrogens with zero attached hydrogens (tertiary/aromatic N) is 2. The van der Waals surface area contributed by atoms with E-state index in [2.05, 4.69) is 0 Å². The van der Waals surface area contributed by atoms with Crippen LogP contribution in [0.4, 0.5) is 5.69 Å². The molecule has 2 N–H and O–H groups in total. The molecule has 0 aromatic heterocycles. The van der Waals surface area contributed by atoms with Crippen LogP contribution in [0.25, 0.3) is 0 Å². The molecule has 8 heteroatoms. The number of rotatable bonds is 9. The van der Waals surface area contributed by atoms with Crippen molar-refractivity contribution in [3.8, 4) is 0 Å². The molecule has 7 nitrogen and oxygen atoms in total. The van der Waals surface area contributed by atoms with Gasteiger partial charge in [0.05, 0.1) is 15.6 Å². The van der Waals surface area contributed by atoms with E-state index < -0.39 is 10.8 Å². The summed E-state index contributed by atoms with van der Waals surface area (Å²) >= 11 is 1.08. The van der Waals surface area contributed by atoms with Crippen LogP contribution in [0.3, 0.4) is 0 Å². The number of nitro benzene ring substituents is 1. The summed E-state index contributed by atoms with van der Waals surface area (Å²) in [6, 6.07) is 13.7. The van der Waals surface area contributed by atoms with Crippen molar-refractivity contribution in [3.63, 3.8) is 0 Å². The molecule has 0 fully saturated rings. The molecule has 2 aromatic rings. The van der Waals surface area contributed by atoms with Gasteiger partial charge in [-0.05, 0) is 24.1 Å². The highest BCUT2D eigenvalue weighted by atomic mass is 32.2. The summed E-state index contributed by atoms with van der Waals surface area (Å²) in [6.07, 6.45) is 0.816. The van der Waals surface area contributed by atoms with E-state index in [0.29, 0.717) is 18.0 Å². The van der Waals surface area contributed by atoms with Crippen LogP contribution in [0.15, 0.2) is 53.4 Å². The number of carbonyl (C=O) groups is 2. The summed E-state index contributed by atoms with van der Waals surface area (Å²) in [4.78, 5) is 36.6. The van der Waals surface area contributed by atoms with Gasteiger partial charge in [-0.2, -0.15) is 0 Å². The zero-order chi connectivity index (χ0) is 19.8. The summed E-state index contributed by atoms with van der Waals surface area (Å²) in [5.74, 6) is -0.759. The maximum Gasteiger partial charge on any atom is 0.283 e. The minimum absolute atomic E-state index is 0.0639. The molecule has 2 amide bonds. The standard InChI is InChI=1S/C19H21N3O4S/c1-2-10-21(12-14-6-4-3-5-7-14)18(23)13-27-17-9-8-15(19(20)24)11-16(17)22(25)26/h3-9,11H,2,10,12-13H2,1H3,(H2,20,24). The van der Waals surface area contributed by atoms with E-state index in [1.165, 1.54) is 12.1 Å². The van der Waals surface area contributed by atoms with E-state index in [1.807, 2.05) is 37.3 Å². The molecule has 0 bridgehead atoms. The van der Waals surface area contributed by atoms with Crippen LogP contribution in [0, 0.1) is 10.1 Å². The van der Waals surface area contributed by atoms with E-state index >= 15 is 0 Å². The van der Waals surface area contributed by atoms with Gasteiger partial charge in [0.25, 0.3) is 5.69 Å². The molecule has 2 aromatic carbocycles. The Morgan fingerprint density at radius 1 is 1.19 bits per heavy atom. The van der Waals surface area contributed by atoms with Crippen LogP contribution in [0.5, 0.6) is 0 Å². The highest BCUT2D eigenvalue weighted by Crippen LogP contribution is 2.30. The molecule has 0 saturated carbocycles. The largest absolute Gasteiger partial charge is 0.366 e. The third-order valence-corrected chi connectivity index (χ3v) is 4.90. The van der Waals surface area contributed by atoms with Crippen molar-refractivity contribution in [2.45, 2.75) is 24.8 Å². The average molecular weight is 387 g/mol. The minimum atomic E-state index is -0.734. The zero-order valence-corrected chi connectivity index (χ0v) is 15.8. The fraction of sp³-hybridized carbons (Fsp3) is 0.263. The Labute approximate surface area is 161 Å². The van der Waals surface area contributed by atoms with Crippen molar-refractivity contribution in [2.75, 3.05) is 12.3 Å². The second-order valence-electron chi connectivity index (χ2n) is 5.89. The summed E-state index contributed by atoms with van der Waals surface area (Å²) < 4.78 is 0. The van der Waals surface area contributed by atoms with Gasteiger partial charge >= 0.3 is 0 Å².